The Labute approximate surface area is 122 Å². The summed E-state index contributed by atoms with van der Waals surface area (Å²) in [7, 11) is 0. The van der Waals surface area contributed by atoms with Crippen molar-refractivity contribution < 1.29 is 13.7 Å². The Morgan fingerprint density at radius 1 is 1.33 bits per heavy atom. The van der Waals surface area contributed by atoms with Crippen LogP contribution in [0.5, 0.6) is 0 Å². The van der Waals surface area contributed by atoms with Gasteiger partial charge in [-0.05, 0) is 29.3 Å². The molecule has 6 heteroatoms. The molecule has 1 aromatic heterocycles. The summed E-state index contributed by atoms with van der Waals surface area (Å²) in [5.74, 6) is 1.03. The molecular weight excluding hydrogens is 273 g/mol. The third-order valence-corrected chi connectivity index (χ3v) is 3.51. The van der Waals surface area contributed by atoms with Crippen LogP contribution >= 0.6 is 0 Å². The zero-order valence-electron chi connectivity index (χ0n) is 12.0. The summed E-state index contributed by atoms with van der Waals surface area (Å²) in [6, 6.07) is 6.40. The van der Waals surface area contributed by atoms with Gasteiger partial charge in [-0.2, -0.15) is 4.98 Å². The number of nitrogens with zero attached hydrogens (tertiary/aromatic N) is 3. The van der Waals surface area contributed by atoms with Crippen LogP contribution in [0, 0.1) is 5.82 Å². The zero-order valence-corrected chi connectivity index (χ0v) is 12.0. The van der Waals surface area contributed by atoms with Crippen LogP contribution in [-0.2, 0) is 11.2 Å². The molecule has 0 amide bonds. The fourth-order valence-corrected chi connectivity index (χ4v) is 2.40. The average Bonchev–Trinajstić information content (AvgIpc) is 2.97. The molecular formula is C15H18FN3O2. The number of morpholine rings is 1. The highest BCUT2D eigenvalue weighted by Gasteiger charge is 2.25. The van der Waals surface area contributed by atoms with E-state index in [4.69, 9.17) is 9.26 Å². The van der Waals surface area contributed by atoms with E-state index in [2.05, 4.69) is 17.1 Å². The van der Waals surface area contributed by atoms with Gasteiger partial charge in [-0.1, -0.05) is 19.1 Å². The number of aryl methyl sites for hydroxylation is 1. The van der Waals surface area contributed by atoms with E-state index in [0.29, 0.717) is 25.0 Å². The summed E-state index contributed by atoms with van der Waals surface area (Å²) in [6.07, 6.45) is 1.66. The fourth-order valence-electron chi connectivity index (χ4n) is 2.40. The number of anilines is 1. The van der Waals surface area contributed by atoms with E-state index in [1.165, 1.54) is 12.1 Å². The number of hydrogen-bond acceptors (Lipinski definition) is 5. The van der Waals surface area contributed by atoms with E-state index >= 15 is 0 Å². The molecule has 0 saturated carbocycles. The highest BCUT2D eigenvalue weighted by molar-refractivity contribution is 5.31. The lowest BCUT2D eigenvalue weighted by atomic mass is 10.1. The topological polar surface area (TPSA) is 51.4 Å². The predicted octanol–water partition coefficient (Wildman–Crippen LogP) is 2.74. The molecule has 5 nitrogen and oxygen atoms in total. The third kappa shape index (κ3) is 3.21. The van der Waals surface area contributed by atoms with E-state index in [1.807, 2.05) is 4.90 Å². The van der Waals surface area contributed by atoms with Crippen LogP contribution in [0.2, 0.25) is 0 Å². The second-order valence-corrected chi connectivity index (χ2v) is 5.10. The molecule has 1 atom stereocenters. The van der Waals surface area contributed by atoms with Gasteiger partial charge in [0.1, 0.15) is 11.9 Å². The SMILES string of the molecule is CCCc1nc(N2CCO[C@H](c3ccc(F)cc3)C2)no1. The van der Waals surface area contributed by atoms with Crippen molar-refractivity contribution in [1.29, 1.82) is 0 Å². The van der Waals surface area contributed by atoms with Crippen molar-refractivity contribution in [1.82, 2.24) is 10.1 Å². The molecule has 1 saturated heterocycles. The highest BCUT2D eigenvalue weighted by Crippen LogP contribution is 2.24. The minimum absolute atomic E-state index is 0.104. The Morgan fingerprint density at radius 2 is 2.14 bits per heavy atom. The first-order chi connectivity index (χ1) is 10.3. The van der Waals surface area contributed by atoms with E-state index < -0.39 is 0 Å². The summed E-state index contributed by atoms with van der Waals surface area (Å²) in [6.45, 7) is 4.02. The molecule has 1 fully saturated rings. The summed E-state index contributed by atoms with van der Waals surface area (Å²) in [5.41, 5.74) is 0.957. The van der Waals surface area contributed by atoms with Crippen LogP contribution in [0.15, 0.2) is 28.8 Å². The number of rotatable bonds is 4. The molecule has 0 radical (unpaired) electrons. The molecule has 0 bridgehead atoms. The predicted molar refractivity (Wildman–Crippen MR) is 75.6 cm³/mol. The average molecular weight is 291 g/mol. The molecule has 0 aliphatic carbocycles. The van der Waals surface area contributed by atoms with Crippen LogP contribution in [-0.4, -0.2) is 29.8 Å². The maximum atomic E-state index is 13.0. The Hall–Kier alpha value is -1.95. The molecule has 0 N–H and O–H groups in total. The summed E-state index contributed by atoms with van der Waals surface area (Å²) >= 11 is 0. The third-order valence-electron chi connectivity index (χ3n) is 3.51. The van der Waals surface area contributed by atoms with Crippen LogP contribution in [0.4, 0.5) is 10.3 Å². The molecule has 21 heavy (non-hydrogen) atoms. The van der Waals surface area contributed by atoms with E-state index in [9.17, 15) is 4.39 Å². The van der Waals surface area contributed by atoms with Gasteiger partial charge in [-0.15, -0.1) is 0 Å². The van der Waals surface area contributed by atoms with E-state index in [0.717, 1.165) is 24.9 Å². The van der Waals surface area contributed by atoms with Crippen molar-refractivity contribution in [2.75, 3.05) is 24.6 Å². The molecule has 0 spiro atoms. The van der Waals surface area contributed by atoms with Gasteiger partial charge in [0, 0.05) is 13.0 Å². The van der Waals surface area contributed by atoms with Gasteiger partial charge in [-0.25, -0.2) is 4.39 Å². The standard InChI is InChI=1S/C15H18FN3O2/c1-2-3-14-17-15(18-21-14)19-8-9-20-13(10-19)11-4-6-12(16)7-5-11/h4-7,13H,2-3,8-10H2,1H3/t13-/m0/s1. The first kappa shape index (κ1) is 14.0. The number of ether oxygens (including phenoxy) is 1. The minimum Gasteiger partial charge on any atom is -0.370 e. The molecule has 1 aliphatic heterocycles. The lowest BCUT2D eigenvalue weighted by molar-refractivity contribution is 0.0390. The monoisotopic (exact) mass is 291 g/mol. The Balaban J connectivity index is 1.71. The normalized spacial score (nSPS) is 19.0. The van der Waals surface area contributed by atoms with Gasteiger partial charge in [0.25, 0.3) is 5.95 Å². The quantitative estimate of drug-likeness (QED) is 0.867. The summed E-state index contributed by atoms with van der Waals surface area (Å²) in [5, 5.41) is 4.02. The lowest BCUT2D eigenvalue weighted by Crippen LogP contribution is -2.39. The fraction of sp³-hybridized carbons (Fsp3) is 0.467. The molecule has 2 aromatic rings. The molecule has 0 unspecified atom stereocenters. The first-order valence-corrected chi connectivity index (χ1v) is 7.21. The van der Waals surface area contributed by atoms with Gasteiger partial charge >= 0.3 is 0 Å². The smallest absolute Gasteiger partial charge is 0.266 e. The van der Waals surface area contributed by atoms with Gasteiger partial charge in [0.05, 0.1) is 13.2 Å². The highest BCUT2D eigenvalue weighted by atomic mass is 19.1. The number of halogens is 1. The Kier molecular flexibility index (Phi) is 4.15. The summed E-state index contributed by atoms with van der Waals surface area (Å²) in [4.78, 5) is 6.44. The van der Waals surface area contributed by atoms with Crippen LogP contribution in [0.3, 0.4) is 0 Å². The Bertz CT molecular complexity index is 585. The van der Waals surface area contributed by atoms with Gasteiger partial charge < -0.3 is 14.2 Å². The van der Waals surface area contributed by atoms with Crippen molar-refractivity contribution in [3.8, 4) is 0 Å². The molecule has 1 aliphatic rings. The maximum Gasteiger partial charge on any atom is 0.266 e. The number of aromatic nitrogens is 2. The van der Waals surface area contributed by atoms with E-state index in [1.54, 1.807) is 12.1 Å². The van der Waals surface area contributed by atoms with Crippen molar-refractivity contribution in [3.05, 3.63) is 41.5 Å². The largest absolute Gasteiger partial charge is 0.370 e. The zero-order chi connectivity index (χ0) is 14.7. The number of hydrogen-bond donors (Lipinski definition) is 0. The van der Waals surface area contributed by atoms with Crippen molar-refractivity contribution in [3.63, 3.8) is 0 Å². The molecule has 2 heterocycles. The second-order valence-electron chi connectivity index (χ2n) is 5.10. The van der Waals surface area contributed by atoms with Crippen LogP contribution in [0.25, 0.3) is 0 Å². The maximum absolute atomic E-state index is 13.0. The van der Waals surface area contributed by atoms with Gasteiger partial charge in [0.15, 0.2) is 0 Å². The summed E-state index contributed by atoms with van der Waals surface area (Å²) < 4.78 is 24.0. The first-order valence-electron chi connectivity index (χ1n) is 7.21. The number of benzene rings is 1. The Morgan fingerprint density at radius 3 is 2.90 bits per heavy atom. The van der Waals surface area contributed by atoms with Gasteiger partial charge in [-0.3, -0.25) is 0 Å². The van der Waals surface area contributed by atoms with Crippen molar-refractivity contribution in [2.45, 2.75) is 25.9 Å². The minimum atomic E-state index is -0.242. The van der Waals surface area contributed by atoms with Crippen molar-refractivity contribution >= 4 is 5.95 Å². The van der Waals surface area contributed by atoms with E-state index in [-0.39, 0.29) is 11.9 Å². The molecule has 3 rings (SSSR count). The van der Waals surface area contributed by atoms with Crippen molar-refractivity contribution in [2.24, 2.45) is 0 Å². The van der Waals surface area contributed by atoms with Crippen LogP contribution < -0.4 is 4.90 Å². The lowest BCUT2D eigenvalue weighted by Gasteiger charge is -2.32. The molecule has 112 valence electrons. The van der Waals surface area contributed by atoms with Gasteiger partial charge in [0.2, 0.25) is 5.89 Å². The molecule has 1 aromatic carbocycles. The second kappa shape index (κ2) is 6.22. The van der Waals surface area contributed by atoms with Crippen LogP contribution in [0.1, 0.15) is 30.9 Å².